The zero-order chi connectivity index (χ0) is 18.6. The van der Waals surface area contributed by atoms with Crippen molar-refractivity contribution in [3.63, 3.8) is 0 Å². The van der Waals surface area contributed by atoms with E-state index in [0.717, 1.165) is 6.42 Å². The molecule has 0 aliphatic heterocycles. The van der Waals surface area contributed by atoms with E-state index in [1.807, 2.05) is 0 Å². The van der Waals surface area contributed by atoms with Crippen LogP contribution in [0.5, 0.6) is 0 Å². The molecule has 0 radical (unpaired) electrons. The summed E-state index contributed by atoms with van der Waals surface area (Å²) in [7, 11) is 15.8. The summed E-state index contributed by atoms with van der Waals surface area (Å²) in [4.78, 5) is 0. The minimum absolute atomic E-state index is 0.200. The first-order valence-electron chi connectivity index (χ1n) is 9.32. The molecule has 0 saturated heterocycles. The Bertz CT molecular complexity index is 1020. The molecule has 0 spiro atoms. The molecule has 0 aromatic heterocycles. The number of rotatable bonds is 3. The number of fused-ring (bicyclic) bond motifs is 2. The molecule has 2 aliphatic rings. The van der Waals surface area contributed by atoms with Crippen LogP contribution in [0.25, 0.3) is 12.2 Å². The number of halogens is 2. The summed E-state index contributed by atoms with van der Waals surface area (Å²) in [5.74, 6) is 0. The first-order valence-corrected chi connectivity index (χ1v) is 24.7. The van der Waals surface area contributed by atoms with Crippen LogP contribution >= 0.6 is 17.0 Å². The standard InChI is InChI=1S/C11H11.C9H7.C2H6Si.2ClH.Zr/c1-2-9-7-10-5-3-4-6-11(10)8-9;1-2-5-9-7-3-6-8(9)4-1;1-3-2;;;/h3-8H,2H2,1H3;1-7H;1-2H3;2*1H;/q;;;;;+2/p-2. The summed E-state index contributed by atoms with van der Waals surface area (Å²) in [5, 5.41) is 0. The summed E-state index contributed by atoms with van der Waals surface area (Å²) in [6.45, 7) is 6.93. The molecule has 4 heteroatoms. The van der Waals surface area contributed by atoms with Gasteiger partial charge in [0.05, 0.1) is 0 Å². The molecule has 0 nitrogen and oxygen atoms in total. The van der Waals surface area contributed by atoms with E-state index in [2.05, 4.69) is 86.8 Å². The molecule has 2 unspecified atom stereocenters. The Labute approximate surface area is 164 Å². The van der Waals surface area contributed by atoms with Crippen molar-refractivity contribution < 1.29 is 15.0 Å². The number of benzene rings is 2. The molecule has 2 aromatic carbocycles. The van der Waals surface area contributed by atoms with Crippen molar-refractivity contribution in [3.8, 4) is 0 Å². The van der Waals surface area contributed by atoms with Gasteiger partial charge in [0, 0.05) is 0 Å². The van der Waals surface area contributed by atoms with Gasteiger partial charge in [-0.05, 0) is 0 Å². The van der Waals surface area contributed by atoms with Crippen LogP contribution in [0.2, 0.25) is 13.1 Å². The minimum atomic E-state index is -4.31. The van der Waals surface area contributed by atoms with E-state index in [1.54, 1.807) is 0 Å². The van der Waals surface area contributed by atoms with E-state index in [1.165, 1.54) is 27.8 Å². The molecule has 0 saturated carbocycles. The first kappa shape index (κ1) is 18.9. The van der Waals surface area contributed by atoms with Crippen LogP contribution in [0.4, 0.5) is 0 Å². The van der Waals surface area contributed by atoms with E-state index in [4.69, 9.17) is 17.0 Å². The van der Waals surface area contributed by atoms with Gasteiger partial charge in [0.2, 0.25) is 0 Å². The van der Waals surface area contributed by atoms with Gasteiger partial charge < -0.3 is 0 Å². The maximum atomic E-state index is 7.90. The number of hydrogen-bond acceptors (Lipinski definition) is 0. The Hall–Kier alpha value is -0.400. The Morgan fingerprint density at radius 3 is 2.19 bits per heavy atom. The average molecular weight is 479 g/mol. The van der Waals surface area contributed by atoms with E-state index >= 15 is 0 Å². The van der Waals surface area contributed by atoms with Crippen molar-refractivity contribution in [2.45, 2.75) is 33.7 Å². The zero-order valence-corrected chi connectivity index (χ0v) is 20.4. The van der Waals surface area contributed by atoms with Gasteiger partial charge in [0.1, 0.15) is 0 Å². The van der Waals surface area contributed by atoms with E-state index in [-0.39, 0.29) is 7.25 Å². The zero-order valence-electron chi connectivity index (χ0n) is 15.5. The average Bonchev–Trinajstić information content (AvgIpc) is 3.23. The molecule has 2 atom stereocenters. The Morgan fingerprint density at radius 1 is 0.923 bits per heavy atom. The van der Waals surface area contributed by atoms with Gasteiger partial charge in [-0.3, -0.25) is 0 Å². The third kappa shape index (κ3) is 2.56. The second kappa shape index (κ2) is 6.59. The molecule has 2 aromatic rings. The Balaban J connectivity index is 2.02. The number of hydrogen-bond donors (Lipinski definition) is 0. The summed E-state index contributed by atoms with van der Waals surface area (Å²) < 4.78 is 0.427. The molecule has 0 fully saturated rings. The molecular weight excluding hydrogens is 454 g/mol. The molecule has 2 aliphatic carbocycles. The molecule has 0 amide bonds. The van der Waals surface area contributed by atoms with E-state index < -0.39 is 20.4 Å². The van der Waals surface area contributed by atoms with Crippen molar-refractivity contribution in [1.82, 2.24) is 0 Å². The first-order chi connectivity index (χ1) is 12.4. The van der Waals surface area contributed by atoms with Crippen molar-refractivity contribution in [2.24, 2.45) is 0 Å². The monoisotopic (exact) mass is 476 g/mol. The van der Waals surface area contributed by atoms with Crippen LogP contribution in [0.1, 0.15) is 42.8 Å². The molecule has 26 heavy (non-hydrogen) atoms. The molecule has 4 rings (SSSR count). The van der Waals surface area contributed by atoms with Gasteiger partial charge in [0.15, 0.2) is 0 Å². The van der Waals surface area contributed by atoms with Crippen LogP contribution < -0.4 is 0 Å². The predicted molar refractivity (Wildman–Crippen MR) is 115 cm³/mol. The van der Waals surface area contributed by atoms with Crippen LogP contribution in [-0.4, -0.2) is 5.43 Å². The van der Waals surface area contributed by atoms with Gasteiger partial charge in [-0.15, -0.1) is 0 Å². The third-order valence-electron chi connectivity index (χ3n) is 6.28. The van der Waals surface area contributed by atoms with Gasteiger partial charge in [0.25, 0.3) is 0 Å². The van der Waals surface area contributed by atoms with E-state index in [9.17, 15) is 0 Å². The molecule has 134 valence electrons. The summed E-state index contributed by atoms with van der Waals surface area (Å²) >= 11 is -4.31. The molecule has 0 heterocycles. The van der Waals surface area contributed by atoms with Crippen LogP contribution in [-0.2, 0) is 15.0 Å². The van der Waals surface area contributed by atoms with Crippen LogP contribution in [0, 0.1) is 0 Å². The van der Waals surface area contributed by atoms with Gasteiger partial charge in [-0.25, -0.2) is 0 Å². The van der Waals surface area contributed by atoms with Crippen molar-refractivity contribution in [2.75, 3.05) is 0 Å². The molecule has 0 N–H and O–H groups in total. The third-order valence-corrected chi connectivity index (χ3v) is 52.9. The van der Waals surface area contributed by atoms with Gasteiger partial charge in [-0.1, -0.05) is 0 Å². The second-order valence-electron chi connectivity index (χ2n) is 7.75. The Kier molecular flexibility index (Phi) is 4.80. The fraction of sp³-hybridized carbons (Fsp3) is 0.273. The Morgan fingerprint density at radius 2 is 1.54 bits per heavy atom. The van der Waals surface area contributed by atoms with Crippen molar-refractivity contribution >= 4 is 34.6 Å². The quantitative estimate of drug-likeness (QED) is 0.400. The second-order valence-corrected chi connectivity index (χ2v) is 46.6. The summed E-state index contributed by atoms with van der Waals surface area (Å²) in [6.07, 6.45) is 7.92. The van der Waals surface area contributed by atoms with Crippen molar-refractivity contribution in [1.29, 1.82) is 0 Å². The maximum absolute atomic E-state index is 7.90. The van der Waals surface area contributed by atoms with Gasteiger partial charge in [-0.2, -0.15) is 0 Å². The number of allylic oxidation sites excluding steroid dienone is 2. The topological polar surface area (TPSA) is 0 Å². The molecular formula is C22H24Cl2SiZr. The fourth-order valence-corrected chi connectivity index (χ4v) is 32.1. The molecule has 0 bridgehead atoms. The summed E-state index contributed by atoms with van der Waals surface area (Å²) in [6, 6.07) is 17.4. The normalized spacial score (nSPS) is 21.4. The van der Waals surface area contributed by atoms with Crippen LogP contribution in [0.3, 0.4) is 0 Å². The SMILES string of the molecule is CCC1=Cc2ccccc2[CH]1[Zr]([Cl])([Cl])([CH]1C=Cc2ccccc21)=[Si](C)C. The van der Waals surface area contributed by atoms with Crippen molar-refractivity contribution in [3.05, 3.63) is 82.4 Å². The fourth-order valence-electron chi connectivity index (χ4n) is 4.81. The van der Waals surface area contributed by atoms with Crippen LogP contribution in [0.15, 0.2) is 60.2 Å². The van der Waals surface area contributed by atoms with Gasteiger partial charge >= 0.3 is 166 Å². The predicted octanol–water partition coefficient (Wildman–Crippen LogP) is 7.55. The summed E-state index contributed by atoms with van der Waals surface area (Å²) in [5.41, 5.74) is 5.83. The van der Waals surface area contributed by atoms with E-state index in [0.29, 0.717) is 0 Å².